The summed E-state index contributed by atoms with van der Waals surface area (Å²) in [6, 6.07) is 22.5. The zero-order valence-corrected chi connectivity index (χ0v) is 16.6. The van der Waals surface area contributed by atoms with Gasteiger partial charge in [0.05, 0.1) is 0 Å². The molecule has 1 atom stereocenters. The number of nitrogens with zero attached hydrogens (tertiary/aromatic N) is 2. The Bertz CT molecular complexity index is 973. The van der Waals surface area contributed by atoms with Crippen LogP contribution in [0.5, 0.6) is 0 Å². The molecule has 1 fully saturated rings. The highest BCUT2D eigenvalue weighted by Gasteiger charge is 2.22. The largest absolute Gasteiger partial charge is 0.353 e. The number of hydrogen-bond donors (Lipinski definition) is 2. The molecule has 3 aromatic rings. The standard InChI is InChI=1S/C24H26N4O/c1-18-6-5-7-19(14-18)16-27-24(29)21-10-11-26-23(15-21)28-13-12-25-22(17-28)20-8-3-2-4-9-20/h2-11,14-15,22,25H,12-13,16-17H2,1H3,(H,27,29)/t22-/m1/s1. The van der Waals surface area contributed by atoms with Crippen molar-refractivity contribution in [2.75, 3.05) is 24.5 Å². The van der Waals surface area contributed by atoms with Crippen LogP contribution >= 0.6 is 0 Å². The first-order valence-electron chi connectivity index (χ1n) is 10.0. The Labute approximate surface area is 171 Å². The number of carbonyl (C=O) groups is 1. The fourth-order valence-corrected chi connectivity index (χ4v) is 3.71. The van der Waals surface area contributed by atoms with Gasteiger partial charge in [-0.1, -0.05) is 60.2 Å². The molecule has 2 aromatic carbocycles. The second-order valence-electron chi connectivity index (χ2n) is 7.44. The molecule has 0 aliphatic carbocycles. The molecule has 1 amide bonds. The maximum atomic E-state index is 12.7. The minimum Gasteiger partial charge on any atom is -0.353 e. The van der Waals surface area contributed by atoms with E-state index in [2.05, 4.69) is 63.8 Å². The Morgan fingerprint density at radius 1 is 1.14 bits per heavy atom. The number of amides is 1. The van der Waals surface area contributed by atoms with Crippen LogP contribution in [0.25, 0.3) is 0 Å². The molecular formula is C24H26N4O. The van der Waals surface area contributed by atoms with Crippen LogP contribution in [-0.4, -0.2) is 30.5 Å². The van der Waals surface area contributed by atoms with E-state index in [9.17, 15) is 4.79 Å². The first-order valence-corrected chi connectivity index (χ1v) is 10.0. The van der Waals surface area contributed by atoms with E-state index in [1.54, 1.807) is 12.3 Å². The second kappa shape index (κ2) is 8.88. The van der Waals surface area contributed by atoms with E-state index >= 15 is 0 Å². The molecule has 0 bridgehead atoms. The molecule has 148 valence electrons. The van der Waals surface area contributed by atoms with Crippen LogP contribution in [0, 0.1) is 6.92 Å². The van der Waals surface area contributed by atoms with Gasteiger partial charge in [0.25, 0.3) is 5.91 Å². The summed E-state index contributed by atoms with van der Waals surface area (Å²) in [5.41, 5.74) is 4.19. The average molecular weight is 386 g/mol. The number of carbonyl (C=O) groups excluding carboxylic acids is 1. The highest BCUT2D eigenvalue weighted by molar-refractivity contribution is 5.94. The summed E-state index contributed by atoms with van der Waals surface area (Å²) in [6.45, 7) is 5.14. The molecule has 1 aliphatic rings. The van der Waals surface area contributed by atoms with Gasteiger partial charge in [-0.25, -0.2) is 4.98 Å². The third-order valence-corrected chi connectivity index (χ3v) is 5.24. The number of nitrogens with one attached hydrogen (secondary N) is 2. The van der Waals surface area contributed by atoms with Gasteiger partial charge >= 0.3 is 0 Å². The third-order valence-electron chi connectivity index (χ3n) is 5.24. The highest BCUT2D eigenvalue weighted by Crippen LogP contribution is 2.21. The quantitative estimate of drug-likeness (QED) is 0.705. The maximum absolute atomic E-state index is 12.7. The number of piperazine rings is 1. The number of rotatable bonds is 5. The molecule has 0 spiro atoms. The van der Waals surface area contributed by atoms with Crippen LogP contribution < -0.4 is 15.5 Å². The zero-order chi connectivity index (χ0) is 20.1. The number of anilines is 1. The molecule has 0 saturated carbocycles. The Balaban J connectivity index is 1.43. The normalized spacial score (nSPS) is 16.4. The van der Waals surface area contributed by atoms with E-state index in [0.717, 1.165) is 31.0 Å². The average Bonchev–Trinajstić information content (AvgIpc) is 2.78. The predicted octanol–water partition coefficient (Wildman–Crippen LogP) is 3.47. The van der Waals surface area contributed by atoms with Crippen LogP contribution in [0.4, 0.5) is 5.82 Å². The van der Waals surface area contributed by atoms with Gasteiger partial charge < -0.3 is 15.5 Å². The lowest BCUT2D eigenvalue weighted by atomic mass is 10.0. The van der Waals surface area contributed by atoms with Crippen molar-refractivity contribution in [3.05, 3.63) is 95.2 Å². The van der Waals surface area contributed by atoms with Crippen molar-refractivity contribution in [2.45, 2.75) is 19.5 Å². The third kappa shape index (κ3) is 4.81. The van der Waals surface area contributed by atoms with Gasteiger partial charge in [0, 0.05) is 44.0 Å². The Hall–Kier alpha value is -3.18. The van der Waals surface area contributed by atoms with Gasteiger partial charge in [0.2, 0.25) is 0 Å². The number of benzene rings is 2. The van der Waals surface area contributed by atoms with Crippen molar-refractivity contribution in [1.29, 1.82) is 0 Å². The van der Waals surface area contributed by atoms with Gasteiger partial charge in [-0.05, 0) is 30.2 Å². The lowest BCUT2D eigenvalue weighted by molar-refractivity contribution is 0.0951. The fraction of sp³-hybridized carbons (Fsp3) is 0.250. The van der Waals surface area contributed by atoms with Crippen molar-refractivity contribution in [3.8, 4) is 0 Å². The lowest BCUT2D eigenvalue weighted by Crippen LogP contribution is -2.46. The predicted molar refractivity (Wildman–Crippen MR) is 116 cm³/mol. The van der Waals surface area contributed by atoms with Crippen molar-refractivity contribution in [2.24, 2.45) is 0 Å². The molecule has 1 aromatic heterocycles. The van der Waals surface area contributed by atoms with Crippen molar-refractivity contribution < 1.29 is 4.79 Å². The molecule has 4 rings (SSSR count). The van der Waals surface area contributed by atoms with Gasteiger partial charge in [-0.15, -0.1) is 0 Å². The first-order chi connectivity index (χ1) is 14.2. The maximum Gasteiger partial charge on any atom is 0.251 e. The van der Waals surface area contributed by atoms with Gasteiger partial charge in [-0.2, -0.15) is 0 Å². The lowest BCUT2D eigenvalue weighted by Gasteiger charge is -2.34. The van der Waals surface area contributed by atoms with Crippen LogP contribution in [0.2, 0.25) is 0 Å². The van der Waals surface area contributed by atoms with Crippen molar-refractivity contribution in [3.63, 3.8) is 0 Å². The molecular weight excluding hydrogens is 360 g/mol. The van der Waals surface area contributed by atoms with Gasteiger partial charge in [0.1, 0.15) is 5.82 Å². The SMILES string of the molecule is Cc1cccc(CNC(=O)c2ccnc(N3CCN[C@@H](c4ccccc4)C3)c2)c1. The molecule has 29 heavy (non-hydrogen) atoms. The summed E-state index contributed by atoms with van der Waals surface area (Å²) in [6.07, 6.45) is 1.72. The van der Waals surface area contributed by atoms with Gasteiger partial charge in [0.15, 0.2) is 0 Å². The Morgan fingerprint density at radius 3 is 2.83 bits per heavy atom. The Kier molecular flexibility index (Phi) is 5.86. The molecule has 5 heteroatoms. The van der Waals surface area contributed by atoms with Crippen LogP contribution in [0.3, 0.4) is 0 Å². The number of aryl methyl sites for hydroxylation is 1. The summed E-state index contributed by atoms with van der Waals surface area (Å²) in [4.78, 5) is 19.4. The molecule has 1 saturated heterocycles. The summed E-state index contributed by atoms with van der Waals surface area (Å²) >= 11 is 0. The van der Waals surface area contributed by atoms with Gasteiger partial charge in [-0.3, -0.25) is 4.79 Å². The summed E-state index contributed by atoms with van der Waals surface area (Å²) in [5, 5.41) is 6.58. The minimum absolute atomic E-state index is 0.0788. The van der Waals surface area contributed by atoms with E-state index < -0.39 is 0 Å². The molecule has 0 radical (unpaired) electrons. The molecule has 0 unspecified atom stereocenters. The molecule has 5 nitrogen and oxygen atoms in total. The number of pyridine rings is 1. The summed E-state index contributed by atoms with van der Waals surface area (Å²) < 4.78 is 0. The topological polar surface area (TPSA) is 57.3 Å². The van der Waals surface area contributed by atoms with E-state index in [0.29, 0.717) is 12.1 Å². The van der Waals surface area contributed by atoms with Crippen molar-refractivity contribution >= 4 is 11.7 Å². The minimum atomic E-state index is -0.0788. The number of hydrogen-bond acceptors (Lipinski definition) is 4. The van der Waals surface area contributed by atoms with E-state index in [4.69, 9.17) is 0 Å². The van der Waals surface area contributed by atoms with Crippen LogP contribution in [0.1, 0.15) is 33.1 Å². The summed E-state index contributed by atoms with van der Waals surface area (Å²) in [7, 11) is 0. The zero-order valence-electron chi connectivity index (χ0n) is 16.6. The second-order valence-corrected chi connectivity index (χ2v) is 7.44. The molecule has 1 aliphatic heterocycles. The first kappa shape index (κ1) is 19.2. The van der Waals surface area contributed by atoms with E-state index in [1.807, 2.05) is 24.3 Å². The van der Waals surface area contributed by atoms with E-state index in [-0.39, 0.29) is 11.9 Å². The molecule has 2 N–H and O–H groups in total. The summed E-state index contributed by atoms with van der Waals surface area (Å²) in [5.74, 6) is 0.764. The Morgan fingerprint density at radius 2 is 2.00 bits per heavy atom. The number of aromatic nitrogens is 1. The smallest absolute Gasteiger partial charge is 0.251 e. The highest BCUT2D eigenvalue weighted by atomic mass is 16.1. The van der Waals surface area contributed by atoms with Crippen molar-refractivity contribution in [1.82, 2.24) is 15.6 Å². The fourth-order valence-electron chi connectivity index (χ4n) is 3.71. The monoisotopic (exact) mass is 386 g/mol. The molecule has 2 heterocycles. The van der Waals surface area contributed by atoms with Crippen LogP contribution in [-0.2, 0) is 6.54 Å². The van der Waals surface area contributed by atoms with E-state index in [1.165, 1.54) is 11.1 Å². The van der Waals surface area contributed by atoms with Crippen LogP contribution in [0.15, 0.2) is 72.9 Å².